The van der Waals surface area contributed by atoms with Crippen molar-refractivity contribution in [1.82, 2.24) is 14.9 Å². The van der Waals surface area contributed by atoms with Crippen LogP contribution in [0.3, 0.4) is 0 Å². The maximum Gasteiger partial charge on any atom is 0.227 e. The third-order valence-corrected chi connectivity index (χ3v) is 4.85. The zero-order valence-corrected chi connectivity index (χ0v) is 14.4. The predicted octanol–water partition coefficient (Wildman–Crippen LogP) is 2.33. The molecule has 2 aromatic heterocycles. The Morgan fingerprint density at radius 3 is 2.81 bits per heavy atom. The van der Waals surface area contributed by atoms with Crippen LogP contribution in [0.15, 0.2) is 48.8 Å². The maximum absolute atomic E-state index is 12.7. The van der Waals surface area contributed by atoms with Crippen molar-refractivity contribution in [3.63, 3.8) is 0 Å². The molecular weight excluding hydrogens is 326 g/mol. The van der Waals surface area contributed by atoms with E-state index in [0.29, 0.717) is 25.1 Å². The number of carbonyl (C=O) groups is 1. The summed E-state index contributed by atoms with van der Waals surface area (Å²) in [5.41, 5.74) is 2.70. The highest BCUT2D eigenvalue weighted by Crippen LogP contribution is 2.20. The van der Waals surface area contributed by atoms with Crippen molar-refractivity contribution in [2.75, 3.05) is 31.1 Å². The van der Waals surface area contributed by atoms with E-state index in [2.05, 4.69) is 20.9 Å². The second kappa shape index (κ2) is 6.89. The Morgan fingerprint density at radius 2 is 2.00 bits per heavy atom. The summed E-state index contributed by atoms with van der Waals surface area (Å²) in [5.74, 6) is 0.945. The van der Waals surface area contributed by atoms with Gasteiger partial charge in [0.05, 0.1) is 18.1 Å². The first-order chi connectivity index (χ1) is 12.7. The molecule has 26 heavy (non-hydrogen) atoms. The molecule has 6 heteroatoms. The summed E-state index contributed by atoms with van der Waals surface area (Å²) in [6.45, 7) is 2.78. The number of amides is 1. The Kier molecular flexibility index (Phi) is 4.28. The first kappa shape index (κ1) is 16.2. The van der Waals surface area contributed by atoms with E-state index < -0.39 is 0 Å². The number of carbonyl (C=O) groups excluding carboxylic acids is 1. The SMILES string of the molecule is N#Cc1ccnc(N2CCN(C(=O)Cc3c[nH]c4ccccc34)CC2)c1. The van der Waals surface area contributed by atoms with Crippen LogP contribution in [-0.4, -0.2) is 47.0 Å². The average Bonchev–Trinajstić information content (AvgIpc) is 3.11. The van der Waals surface area contributed by atoms with E-state index >= 15 is 0 Å². The fraction of sp³-hybridized carbons (Fsp3) is 0.250. The zero-order chi connectivity index (χ0) is 17.9. The van der Waals surface area contributed by atoms with Crippen LogP contribution in [0.1, 0.15) is 11.1 Å². The number of anilines is 1. The summed E-state index contributed by atoms with van der Waals surface area (Å²) < 4.78 is 0. The lowest BCUT2D eigenvalue weighted by Gasteiger charge is -2.35. The number of piperazine rings is 1. The number of hydrogen-bond acceptors (Lipinski definition) is 4. The number of nitriles is 1. The molecule has 0 saturated carbocycles. The van der Waals surface area contributed by atoms with Crippen LogP contribution in [0.5, 0.6) is 0 Å². The molecule has 1 amide bonds. The predicted molar refractivity (Wildman–Crippen MR) is 99.7 cm³/mol. The normalized spacial score (nSPS) is 14.4. The van der Waals surface area contributed by atoms with E-state index in [1.54, 1.807) is 18.3 Å². The summed E-state index contributed by atoms with van der Waals surface area (Å²) in [6.07, 6.45) is 3.99. The molecule has 0 bridgehead atoms. The Morgan fingerprint density at radius 1 is 1.19 bits per heavy atom. The second-order valence-corrected chi connectivity index (χ2v) is 6.42. The number of nitrogens with zero attached hydrogens (tertiary/aromatic N) is 4. The van der Waals surface area contributed by atoms with E-state index in [9.17, 15) is 4.79 Å². The molecule has 1 fully saturated rings. The van der Waals surface area contributed by atoms with Crippen LogP contribution >= 0.6 is 0 Å². The molecule has 4 rings (SSSR count). The molecule has 130 valence electrons. The number of H-pyrrole nitrogens is 1. The van der Waals surface area contributed by atoms with Gasteiger partial charge in [0.2, 0.25) is 5.91 Å². The summed E-state index contributed by atoms with van der Waals surface area (Å²) in [7, 11) is 0. The second-order valence-electron chi connectivity index (χ2n) is 6.42. The fourth-order valence-corrected chi connectivity index (χ4v) is 3.40. The lowest BCUT2D eigenvalue weighted by atomic mass is 10.1. The van der Waals surface area contributed by atoms with Gasteiger partial charge in [-0.1, -0.05) is 18.2 Å². The molecule has 1 aliphatic rings. The Balaban J connectivity index is 1.40. The number of aromatic nitrogens is 2. The monoisotopic (exact) mass is 345 g/mol. The fourth-order valence-electron chi connectivity index (χ4n) is 3.40. The molecule has 1 aromatic carbocycles. The summed E-state index contributed by atoms with van der Waals surface area (Å²) in [6, 6.07) is 13.7. The number of hydrogen-bond donors (Lipinski definition) is 1. The van der Waals surface area contributed by atoms with E-state index in [4.69, 9.17) is 5.26 Å². The molecule has 0 spiro atoms. The van der Waals surface area contributed by atoms with Crippen molar-refractivity contribution < 1.29 is 4.79 Å². The molecule has 3 aromatic rings. The highest BCUT2D eigenvalue weighted by molar-refractivity contribution is 5.89. The lowest BCUT2D eigenvalue weighted by molar-refractivity contribution is -0.130. The number of pyridine rings is 1. The van der Waals surface area contributed by atoms with Gasteiger partial charge in [-0.15, -0.1) is 0 Å². The van der Waals surface area contributed by atoms with Crippen molar-refractivity contribution >= 4 is 22.6 Å². The highest BCUT2D eigenvalue weighted by atomic mass is 16.2. The lowest BCUT2D eigenvalue weighted by Crippen LogP contribution is -2.49. The summed E-state index contributed by atoms with van der Waals surface area (Å²) >= 11 is 0. The third kappa shape index (κ3) is 3.11. The summed E-state index contributed by atoms with van der Waals surface area (Å²) in [4.78, 5) is 24.3. The zero-order valence-electron chi connectivity index (χ0n) is 14.4. The highest BCUT2D eigenvalue weighted by Gasteiger charge is 2.22. The van der Waals surface area contributed by atoms with Crippen LogP contribution < -0.4 is 4.90 Å². The van der Waals surface area contributed by atoms with Crippen LogP contribution in [0.25, 0.3) is 10.9 Å². The number of aromatic amines is 1. The van der Waals surface area contributed by atoms with Crippen molar-refractivity contribution in [2.45, 2.75) is 6.42 Å². The van der Waals surface area contributed by atoms with Gasteiger partial charge in [-0.05, 0) is 23.8 Å². The molecule has 6 nitrogen and oxygen atoms in total. The van der Waals surface area contributed by atoms with Gasteiger partial charge >= 0.3 is 0 Å². The first-order valence-electron chi connectivity index (χ1n) is 8.68. The minimum atomic E-state index is 0.146. The Hall–Kier alpha value is -3.33. The van der Waals surface area contributed by atoms with Gasteiger partial charge in [0, 0.05) is 49.5 Å². The van der Waals surface area contributed by atoms with Crippen molar-refractivity contribution in [1.29, 1.82) is 5.26 Å². The third-order valence-electron chi connectivity index (χ3n) is 4.85. The van der Waals surface area contributed by atoms with Gasteiger partial charge in [-0.2, -0.15) is 5.26 Å². The number of fused-ring (bicyclic) bond motifs is 1. The van der Waals surface area contributed by atoms with Crippen LogP contribution in [0.2, 0.25) is 0 Å². The van der Waals surface area contributed by atoms with Crippen molar-refractivity contribution in [3.05, 3.63) is 59.9 Å². The number of para-hydroxylation sites is 1. The van der Waals surface area contributed by atoms with Gasteiger partial charge in [0.15, 0.2) is 0 Å². The van der Waals surface area contributed by atoms with Gasteiger partial charge in [0.1, 0.15) is 5.82 Å². The average molecular weight is 345 g/mol. The van der Waals surface area contributed by atoms with Crippen LogP contribution in [-0.2, 0) is 11.2 Å². The van der Waals surface area contributed by atoms with E-state index in [1.807, 2.05) is 35.4 Å². The molecule has 1 saturated heterocycles. The van der Waals surface area contributed by atoms with Gasteiger partial charge in [-0.3, -0.25) is 4.79 Å². The summed E-state index contributed by atoms with van der Waals surface area (Å²) in [5, 5.41) is 10.1. The van der Waals surface area contributed by atoms with E-state index in [-0.39, 0.29) is 5.91 Å². The minimum Gasteiger partial charge on any atom is -0.361 e. The van der Waals surface area contributed by atoms with Gasteiger partial charge < -0.3 is 14.8 Å². The molecular formula is C20H19N5O. The van der Waals surface area contributed by atoms with E-state index in [0.717, 1.165) is 35.4 Å². The molecule has 1 N–H and O–H groups in total. The number of benzene rings is 1. The first-order valence-corrected chi connectivity index (χ1v) is 8.68. The largest absolute Gasteiger partial charge is 0.361 e. The van der Waals surface area contributed by atoms with E-state index in [1.165, 1.54) is 0 Å². The van der Waals surface area contributed by atoms with Gasteiger partial charge in [0.25, 0.3) is 0 Å². The smallest absolute Gasteiger partial charge is 0.227 e. The molecule has 0 aliphatic carbocycles. The molecule has 3 heterocycles. The molecule has 0 unspecified atom stereocenters. The maximum atomic E-state index is 12.7. The van der Waals surface area contributed by atoms with Crippen molar-refractivity contribution in [2.24, 2.45) is 0 Å². The van der Waals surface area contributed by atoms with Crippen molar-refractivity contribution in [3.8, 4) is 6.07 Å². The van der Waals surface area contributed by atoms with Crippen LogP contribution in [0.4, 0.5) is 5.82 Å². The minimum absolute atomic E-state index is 0.146. The standard InChI is InChI=1S/C20H19N5O/c21-13-15-5-6-22-19(11-15)24-7-9-25(10-8-24)20(26)12-16-14-23-18-4-2-1-3-17(16)18/h1-6,11,14,23H,7-10,12H2. The Bertz CT molecular complexity index is 979. The number of nitrogens with one attached hydrogen (secondary N) is 1. The quantitative estimate of drug-likeness (QED) is 0.790. The van der Waals surface area contributed by atoms with Gasteiger partial charge in [-0.25, -0.2) is 4.98 Å². The molecule has 0 radical (unpaired) electrons. The topological polar surface area (TPSA) is 76.0 Å². The molecule has 1 aliphatic heterocycles. The number of rotatable bonds is 3. The molecule has 0 atom stereocenters. The Labute approximate surface area is 151 Å². The van der Waals surface area contributed by atoms with Crippen LogP contribution in [0, 0.1) is 11.3 Å².